The number of nitrogens with zero attached hydrogens (tertiary/aromatic N) is 2. The Bertz CT molecular complexity index is 989. The van der Waals surface area contributed by atoms with Crippen molar-refractivity contribution in [2.45, 2.75) is 25.7 Å². The van der Waals surface area contributed by atoms with Gasteiger partial charge in [-0.15, -0.1) is 10.2 Å². The third-order valence-corrected chi connectivity index (χ3v) is 5.01. The Hall–Kier alpha value is -2.71. The summed E-state index contributed by atoms with van der Waals surface area (Å²) in [5.41, 5.74) is 2.57. The molecule has 0 aliphatic rings. The molecule has 0 saturated heterocycles. The number of nitrogens with one attached hydrogen (secondary N) is 1. The molecular weight excluding hydrogens is 414 g/mol. The van der Waals surface area contributed by atoms with Gasteiger partial charge in [0.05, 0.1) is 18.6 Å². The molecule has 1 amide bonds. The van der Waals surface area contributed by atoms with Crippen molar-refractivity contribution in [3.8, 4) is 11.5 Å². The van der Waals surface area contributed by atoms with E-state index in [9.17, 15) is 4.79 Å². The average molecular weight is 434 g/mol. The first-order chi connectivity index (χ1) is 14.0. The molecule has 0 aliphatic carbocycles. The van der Waals surface area contributed by atoms with Crippen LogP contribution in [0.2, 0.25) is 5.02 Å². The van der Waals surface area contributed by atoms with E-state index in [1.54, 1.807) is 18.2 Å². The quantitative estimate of drug-likeness (QED) is 0.517. The van der Waals surface area contributed by atoms with E-state index in [-0.39, 0.29) is 18.3 Å². The van der Waals surface area contributed by atoms with Gasteiger partial charge >= 0.3 is 0 Å². The van der Waals surface area contributed by atoms with Crippen LogP contribution >= 0.6 is 23.4 Å². The van der Waals surface area contributed by atoms with Crippen LogP contribution in [0.1, 0.15) is 17.0 Å². The molecule has 0 bridgehead atoms. The number of hydrogen-bond acceptors (Lipinski definition) is 7. The Morgan fingerprint density at radius 1 is 1.21 bits per heavy atom. The number of aromatic nitrogens is 2. The van der Waals surface area contributed by atoms with Crippen molar-refractivity contribution < 1.29 is 18.7 Å². The maximum atomic E-state index is 12.2. The van der Waals surface area contributed by atoms with E-state index in [0.29, 0.717) is 27.6 Å². The van der Waals surface area contributed by atoms with Gasteiger partial charge in [-0.25, -0.2) is 0 Å². The van der Waals surface area contributed by atoms with Gasteiger partial charge in [-0.1, -0.05) is 41.6 Å². The largest absolute Gasteiger partial charge is 0.495 e. The number of amides is 1. The fourth-order valence-corrected chi connectivity index (χ4v) is 3.36. The van der Waals surface area contributed by atoms with Crippen molar-refractivity contribution >= 4 is 35.0 Å². The highest BCUT2D eigenvalue weighted by Gasteiger charge is 2.13. The number of halogens is 1. The van der Waals surface area contributed by atoms with Crippen molar-refractivity contribution in [2.24, 2.45) is 0 Å². The molecule has 0 atom stereocenters. The summed E-state index contributed by atoms with van der Waals surface area (Å²) in [5.74, 6) is 1.51. The number of hydrogen-bond donors (Lipinski definition) is 1. The van der Waals surface area contributed by atoms with E-state index < -0.39 is 0 Å². The number of carbonyl (C=O) groups is 1. The lowest BCUT2D eigenvalue weighted by molar-refractivity contribution is -0.113. The summed E-state index contributed by atoms with van der Waals surface area (Å²) in [7, 11) is 1.52. The lowest BCUT2D eigenvalue weighted by Crippen LogP contribution is -2.14. The van der Waals surface area contributed by atoms with Gasteiger partial charge in [0.15, 0.2) is 6.61 Å². The van der Waals surface area contributed by atoms with Crippen LogP contribution in [0.3, 0.4) is 0 Å². The first-order valence-electron chi connectivity index (χ1n) is 8.74. The fourth-order valence-electron chi connectivity index (χ4n) is 2.61. The zero-order valence-electron chi connectivity index (χ0n) is 16.2. The molecule has 29 heavy (non-hydrogen) atoms. The lowest BCUT2D eigenvalue weighted by Gasteiger charge is -2.10. The molecule has 9 heteroatoms. The molecule has 0 fully saturated rings. The molecule has 7 nitrogen and oxygen atoms in total. The molecule has 0 spiro atoms. The van der Waals surface area contributed by atoms with Gasteiger partial charge in [-0.3, -0.25) is 4.79 Å². The number of thioether (sulfide) groups is 1. The molecule has 3 rings (SSSR count). The van der Waals surface area contributed by atoms with Crippen LogP contribution in [0.15, 0.2) is 46.0 Å². The molecule has 0 aliphatic heterocycles. The van der Waals surface area contributed by atoms with Crippen molar-refractivity contribution in [2.75, 3.05) is 18.2 Å². The Balaban J connectivity index is 1.53. The predicted molar refractivity (Wildman–Crippen MR) is 112 cm³/mol. The second kappa shape index (κ2) is 9.67. The van der Waals surface area contributed by atoms with Crippen LogP contribution in [0.4, 0.5) is 5.69 Å². The first kappa shape index (κ1) is 21.0. The van der Waals surface area contributed by atoms with Crippen LogP contribution in [-0.2, 0) is 11.4 Å². The van der Waals surface area contributed by atoms with Gasteiger partial charge < -0.3 is 19.2 Å². The molecular formula is C20H20ClN3O4S. The number of anilines is 1. The van der Waals surface area contributed by atoms with Gasteiger partial charge in [0.2, 0.25) is 5.91 Å². The van der Waals surface area contributed by atoms with E-state index in [2.05, 4.69) is 15.5 Å². The zero-order valence-corrected chi connectivity index (χ0v) is 17.8. The second-order valence-corrected chi connectivity index (χ2v) is 7.52. The molecule has 1 heterocycles. The summed E-state index contributed by atoms with van der Waals surface area (Å²) in [6, 6.07) is 10.9. The Kier molecular flexibility index (Phi) is 7.00. The predicted octanol–water partition coefficient (Wildman–Crippen LogP) is 4.66. The molecule has 152 valence electrons. The summed E-state index contributed by atoms with van der Waals surface area (Å²) in [4.78, 5) is 12.2. The van der Waals surface area contributed by atoms with Gasteiger partial charge in [0, 0.05) is 5.02 Å². The van der Waals surface area contributed by atoms with Crippen LogP contribution < -0.4 is 14.8 Å². The molecule has 1 N–H and O–H groups in total. The standard InChI is InChI=1S/C20H20ClN3O4S/c1-12-5-4-6-13(2)19(12)27-10-18-23-24-20(28-18)29-11-17(25)22-15-9-14(21)7-8-16(15)26-3/h4-9H,10-11H2,1-3H3,(H,22,25). The number of rotatable bonds is 8. The summed E-state index contributed by atoms with van der Waals surface area (Å²) in [5, 5.41) is 11.4. The Labute approximate surface area is 177 Å². The summed E-state index contributed by atoms with van der Waals surface area (Å²) < 4.78 is 16.5. The Morgan fingerprint density at radius 2 is 1.97 bits per heavy atom. The van der Waals surface area contributed by atoms with Gasteiger partial charge in [0.25, 0.3) is 11.1 Å². The second-order valence-electron chi connectivity index (χ2n) is 6.15. The highest BCUT2D eigenvalue weighted by molar-refractivity contribution is 7.99. The topological polar surface area (TPSA) is 86.5 Å². The minimum Gasteiger partial charge on any atom is -0.495 e. The van der Waals surface area contributed by atoms with E-state index in [0.717, 1.165) is 28.6 Å². The van der Waals surface area contributed by atoms with Gasteiger partial charge in [0.1, 0.15) is 11.5 Å². The average Bonchev–Trinajstić information content (AvgIpc) is 3.14. The third-order valence-electron chi connectivity index (χ3n) is 3.96. The minimum absolute atomic E-state index is 0.0923. The van der Waals surface area contributed by atoms with E-state index in [1.165, 1.54) is 7.11 Å². The van der Waals surface area contributed by atoms with Gasteiger partial charge in [-0.2, -0.15) is 0 Å². The number of benzene rings is 2. The van der Waals surface area contributed by atoms with Gasteiger partial charge in [-0.05, 0) is 43.2 Å². The van der Waals surface area contributed by atoms with Crippen molar-refractivity contribution in [1.29, 1.82) is 0 Å². The monoisotopic (exact) mass is 433 g/mol. The maximum absolute atomic E-state index is 12.2. The van der Waals surface area contributed by atoms with Crippen molar-refractivity contribution in [3.63, 3.8) is 0 Å². The normalized spacial score (nSPS) is 10.6. The molecule has 0 radical (unpaired) electrons. The number of ether oxygens (including phenoxy) is 2. The third kappa shape index (κ3) is 5.65. The van der Waals surface area contributed by atoms with Crippen LogP contribution in [0.25, 0.3) is 0 Å². The van der Waals surface area contributed by atoms with Crippen molar-refractivity contribution in [1.82, 2.24) is 10.2 Å². The van der Waals surface area contributed by atoms with Crippen LogP contribution in [0.5, 0.6) is 11.5 Å². The summed E-state index contributed by atoms with van der Waals surface area (Å²) in [6.45, 7) is 4.11. The van der Waals surface area contributed by atoms with Crippen LogP contribution in [-0.4, -0.2) is 29.0 Å². The van der Waals surface area contributed by atoms with E-state index >= 15 is 0 Å². The zero-order chi connectivity index (χ0) is 20.8. The SMILES string of the molecule is COc1ccc(Cl)cc1NC(=O)CSc1nnc(COc2c(C)cccc2C)o1. The minimum atomic E-state index is -0.248. The maximum Gasteiger partial charge on any atom is 0.277 e. The molecule has 3 aromatic rings. The molecule has 1 aromatic heterocycles. The summed E-state index contributed by atoms with van der Waals surface area (Å²) >= 11 is 7.10. The van der Waals surface area contributed by atoms with E-state index in [1.807, 2.05) is 32.0 Å². The number of para-hydroxylation sites is 1. The number of carbonyl (C=O) groups excluding carboxylic acids is 1. The smallest absolute Gasteiger partial charge is 0.277 e. The summed E-state index contributed by atoms with van der Waals surface area (Å²) in [6.07, 6.45) is 0. The fraction of sp³-hybridized carbons (Fsp3) is 0.250. The lowest BCUT2D eigenvalue weighted by atomic mass is 10.1. The molecule has 2 aromatic carbocycles. The first-order valence-corrected chi connectivity index (χ1v) is 10.1. The highest BCUT2D eigenvalue weighted by Crippen LogP contribution is 2.28. The highest BCUT2D eigenvalue weighted by atomic mass is 35.5. The Morgan fingerprint density at radius 3 is 2.69 bits per heavy atom. The molecule has 0 saturated carbocycles. The number of aryl methyl sites for hydroxylation is 2. The van der Waals surface area contributed by atoms with Crippen LogP contribution in [0, 0.1) is 13.8 Å². The van der Waals surface area contributed by atoms with E-state index in [4.69, 9.17) is 25.5 Å². The molecule has 0 unspecified atom stereocenters. The number of methoxy groups -OCH3 is 1. The van der Waals surface area contributed by atoms with Crippen molar-refractivity contribution in [3.05, 3.63) is 58.4 Å².